The summed E-state index contributed by atoms with van der Waals surface area (Å²) in [6.45, 7) is 3.21. The number of hydrogen-bond acceptors (Lipinski definition) is 5. The Kier molecular flexibility index (Phi) is 2.71. The van der Waals surface area contributed by atoms with Crippen molar-refractivity contribution in [1.82, 2.24) is 9.78 Å². The smallest absolute Gasteiger partial charge is 0.337 e. The fraction of sp³-hybridized carbons (Fsp3) is 0.364. The Balaban J connectivity index is 2.09. The molecule has 0 radical (unpaired) electrons. The number of carbonyl (C=O) groups is 2. The maximum absolute atomic E-state index is 11.7. The van der Waals surface area contributed by atoms with Crippen molar-refractivity contribution in [3.05, 3.63) is 30.3 Å². The lowest BCUT2D eigenvalue weighted by Crippen LogP contribution is -2.35. The van der Waals surface area contributed by atoms with Gasteiger partial charge in [-0.2, -0.15) is 5.10 Å². The number of nitrogens with zero attached hydrogens (tertiary/aromatic N) is 2. The minimum absolute atomic E-state index is 0.0276. The lowest BCUT2D eigenvalue weighted by atomic mass is 10.2. The quantitative estimate of drug-likeness (QED) is 0.719. The van der Waals surface area contributed by atoms with E-state index in [-0.39, 0.29) is 18.1 Å². The number of aromatic nitrogens is 2. The fourth-order valence-electron chi connectivity index (χ4n) is 1.50. The van der Waals surface area contributed by atoms with E-state index in [1.54, 1.807) is 19.9 Å². The molecule has 6 nitrogen and oxygen atoms in total. The molecule has 0 spiro atoms. The number of cyclic esters (lactones) is 1. The summed E-state index contributed by atoms with van der Waals surface area (Å²) in [6, 6.07) is 1.65. The van der Waals surface area contributed by atoms with Crippen molar-refractivity contribution in [2.45, 2.75) is 26.1 Å². The molecule has 17 heavy (non-hydrogen) atoms. The van der Waals surface area contributed by atoms with Gasteiger partial charge in [-0.1, -0.05) is 0 Å². The van der Waals surface area contributed by atoms with Gasteiger partial charge in [-0.25, -0.2) is 9.48 Å². The van der Waals surface area contributed by atoms with E-state index in [0.717, 1.165) is 0 Å². The highest BCUT2D eigenvalue weighted by atomic mass is 16.7. The van der Waals surface area contributed by atoms with Gasteiger partial charge in [0.05, 0.1) is 12.5 Å². The Morgan fingerprint density at radius 3 is 2.82 bits per heavy atom. The van der Waals surface area contributed by atoms with Crippen molar-refractivity contribution >= 4 is 11.9 Å². The lowest BCUT2D eigenvalue weighted by molar-refractivity contribution is -0.205. The highest BCUT2D eigenvalue weighted by Crippen LogP contribution is 2.23. The molecule has 2 heterocycles. The third-order valence-electron chi connectivity index (χ3n) is 2.09. The molecule has 0 amide bonds. The summed E-state index contributed by atoms with van der Waals surface area (Å²) in [5.74, 6) is -1.53. The second-order valence-corrected chi connectivity index (χ2v) is 4.05. The van der Waals surface area contributed by atoms with E-state index in [4.69, 9.17) is 9.47 Å². The maximum atomic E-state index is 11.7. The molecule has 2 rings (SSSR count). The first-order chi connectivity index (χ1) is 7.96. The highest BCUT2D eigenvalue weighted by Gasteiger charge is 2.30. The van der Waals surface area contributed by atoms with Crippen LogP contribution in [0.3, 0.4) is 0 Å². The van der Waals surface area contributed by atoms with E-state index >= 15 is 0 Å². The third kappa shape index (κ3) is 2.72. The summed E-state index contributed by atoms with van der Waals surface area (Å²) in [4.78, 5) is 23.0. The molecule has 90 valence electrons. The molecule has 0 atom stereocenters. The van der Waals surface area contributed by atoms with Crippen LogP contribution in [0.2, 0.25) is 0 Å². The normalized spacial score (nSPS) is 18.0. The molecule has 0 aromatic carbocycles. The van der Waals surface area contributed by atoms with Crippen LogP contribution in [0.25, 0.3) is 0 Å². The van der Waals surface area contributed by atoms with E-state index in [0.29, 0.717) is 0 Å². The number of carbonyl (C=O) groups excluding carboxylic acids is 2. The molecule has 1 aromatic heterocycles. The van der Waals surface area contributed by atoms with Gasteiger partial charge >= 0.3 is 5.97 Å². The first-order valence-electron chi connectivity index (χ1n) is 5.12. The van der Waals surface area contributed by atoms with Crippen molar-refractivity contribution in [3.8, 4) is 0 Å². The fourth-order valence-corrected chi connectivity index (χ4v) is 1.50. The maximum Gasteiger partial charge on any atom is 0.337 e. The zero-order valence-corrected chi connectivity index (χ0v) is 9.54. The van der Waals surface area contributed by atoms with Crippen LogP contribution in [-0.4, -0.2) is 27.4 Å². The van der Waals surface area contributed by atoms with Gasteiger partial charge in [0.15, 0.2) is 0 Å². The highest BCUT2D eigenvalue weighted by molar-refractivity contribution is 5.86. The van der Waals surface area contributed by atoms with Crippen LogP contribution in [0.5, 0.6) is 0 Å². The van der Waals surface area contributed by atoms with Crippen molar-refractivity contribution in [3.63, 3.8) is 0 Å². The molecule has 0 aliphatic carbocycles. The van der Waals surface area contributed by atoms with Crippen LogP contribution in [-0.2, 0) is 14.3 Å². The van der Waals surface area contributed by atoms with Crippen molar-refractivity contribution in [2.75, 3.05) is 0 Å². The molecule has 0 saturated carbocycles. The molecule has 0 N–H and O–H groups in total. The summed E-state index contributed by atoms with van der Waals surface area (Å²) in [7, 11) is 0. The van der Waals surface area contributed by atoms with E-state index in [2.05, 4.69) is 5.10 Å². The van der Waals surface area contributed by atoms with Crippen LogP contribution in [0.4, 0.5) is 0 Å². The first kappa shape index (κ1) is 11.4. The Morgan fingerprint density at radius 2 is 2.24 bits per heavy atom. The van der Waals surface area contributed by atoms with Crippen LogP contribution < -0.4 is 0 Å². The van der Waals surface area contributed by atoms with Crippen molar-refractivity contribution in [2.24, 2.45) is 0 Å². The predicted molar refractivity (Wildman–Crippen MR) is 56.8 cm³/mol. The van der Waals surface area contributed by atoms with Gasteiger partial charge in [0.2, 0.25) is 5.79 Å². The Labute approximate surface area is 97.8 Å². The lowest BCUT2D eigenvalue weighted by Gasteiger charge is -2.30. The molecule has 1 aromatic rings. The Bertz CT molecular complexity index is 474. The van der Waals surface area contributed by atoms with Crippen molar-refractivity contribution < 1.29 is 19.1 Å². The Morgan fingerprint density at radius 1 is 1.47 bits per heavy atom. The average Bonchev–Trinajstić information content (AvgIpc) is 2.65. The second-order valence-electron chi connectivity index (χ2n) is 4.05. The van der Waals surface area contributed by atoms with Crippen molar-refractivity contribution in [1.29, 1.82) is 0 Å². The van der Waals surface area contributed by atoms with Gasteiger partial charge in [-0.3, -0.25) is 4.79 Å². The molecule has 1 aliphatic heterocycles. The van der Waals surface area contributed by atoms with Gasteiger partial charge in [0.1, 0.15) is 5.76 Å². The van der Waals surface area contributed by atoms with Gasteiger partial charge in [-0.15, -0.1) is 0 Å². The molecule has 0 bridgehead atoms. The number of rotatable bonds is 2. The average molecular weight is 236 g/mol. The van der Waals surface area contributed by atoms with E-state index in [1.807, 2.05) is 0 Å². The zero-order valence-electron chi connectivity index (χ0n) is 9.54. The number of hydrogen-bond donors (Lipinski definition) is 0. The molecular weight excluding hydrogens is 224 g/mol. The van der Waals surface area contributed by atoms with Crippen LogP contribution in [0.1, 0.15) is 25.1 Å². The van der Waals surface area contributed by atoms with Gasteiger partial charge < -0.3 is 9.47 Å². The van der Waals surface area contributed by atoms with Crippen LogP contribution in [0.15, 0.2) is 30.3 Å². The standard InChI is InChI=1S/C11H12N2O4/c1-11(2)16-8(7-10(15)17-11)6-9(14)13-5-3-4-12-13/h3-5,7H,6H2,1-2H3. The van der Waals surface area contributed by atoms with Gasteiger partial charge in [0.25, 0.3) is 5.91 Å². The largest absolute Gasteiger partial charge is 0.456 e. The summed E-state index contributed by atoms with van der Waals surface area (Å²) >= 11 is 0. The minimum Gasteiger partial charge on any atom is -0.456 e. The van der Waals surface area contributed by atoms with Crippen LogP contribution >= 0.6 is 0 Å². The third-order valence-corrected chi connectivity index (χ3v) is 2.09. The summed E-state index contributed by atoms with van der Waals surface area (Å²) in [5.41, 5.74) is 0. The summed E-state index contributed by atoms with van der Waals surface area (Å²) in [5, 5.41) is 3.81. The first-order valence-corrected chi connectivity index (χ1v) is 5.12. The van der Waals surface area contributed by atoms with E-state index < -0.39 is 11.8 Å². The molecule has 6 heteroatoms. The number of allylic oxidation sites excluding steroid dienone is 1. The summed E-state index contributed by atoms with van der Waals surface area (Å²) in [6.07, 6.45) is 4.19. The topological polar surface area (TPSA) is 70.4 Å². The monoisotopic (exact) mass is 236 g/mol. The minimum atomic E-state index is -1.04. The molecule has 0 fully saturated rings. The predicted octanol–water partition coefficient (Wildman–Crippen LogP) is 1.11. The number of esters is 1. The van der Waals surface area contributed by atoms with E-state index in [9.17, 15) is 9.59 Å². The molecule has 0 saturated heterocycles. The molecule has 0 unspecified atom stereocenters. The van der Waals surface area contributed by atoms with Gasteiger partial charge in [-0.05, 0) is 6.07 Å². The van der Waals surface area contributed by atoms with Crippen LogP contribution in [0, 0.1) is 0 Å². The number of ether oxygens (including phenoxy) is 2. The molecule has 1 aliphatic rings. The zero-order chi connectivity index (χ0) is 12.5. The molecular formula is C11H12N2O4. The van der Waals surface area contributed by atoms with Gasteiger partial charge in [0, 0.05) is 26.2 Å². The van der Waals surface area contributed by atoms with E-state index in [1.165, 1.54) is 23.2 Å². The second kappa shape index (κ2) is 4.04. The SMILES string of the molecule is CC1(C)OC(=O)C=C(CC(=O)n2cccn2)O1. The summed E-state index contributed by atoms with van der Waals surface area (Å²) < 4.78 is 11.5. The Hall–Kier alpha value is -2.11.